The van der Waals surface area contributed by atoms with Crippen molar-refractivity contribution in [3.8, 4) is 5.75 Å². The fourth-order valence-electron chi connectivity index (χ4n) is 1.93. The van der Waals surface area contributed by atoms with Crippen LogP contribution in [-0.2, 0) is 0 Å². The van der Waals surface area contributed by atoms with Gasteiger partial charge in [0.25, 0.3) is 5.91 Å². The Bertz CT molecular complexity index is 608. The Morgan fingerprint density at radius 2 is 2.16 bits per heavy atom. The lowest BCUT2D eigenvalue weighted by atomic mass is 10.1. The van der Waals surface area contributed by atoms with E-state index < -0.39 is 0 Å². The van der Waals surface area contributed by atoms with Crippen molar-refractivity contribution < 1.29 is 9.53 Å². The van der Waals surface area contributed by atoms with E-state index in [1.165, 1.54) is 0 Å². The third-order valence-corrected chi connectivity index (χ3v) is 3.00. The second-order valence-corrected chi connectivity index (χ2v) is 4.44. The summed E-state index contributed by atoms with van der Waals surface area (Å²) in [6, 6.07) is 7.53. The molecule has 1 N–H and O–H groups in total. The SMILES string of the molecule is CCCNC(=O)c1cc2ccc(OC)cc2nc1C. The molecule has 4 nitrogen and oxygen atoms in total. The van der Waals surface area contributed by atoms with Gasteiger partial charge in [-0.25, -0.2) is 0 Å². The van der Waals surface area contributed by atoms with Gasteiger partial charge in [0.15, 0.2) is 0 Å². The molecule has 1 heterocycles. The second kappa shape index (κ2) is 5.69. The van der Waals surface area contributed by atoms with Crippen LogP contribution in [0, 0.1) is 6.92 Å². The summed E-state index contributed by atoms with van der Waals surface area (Å²) in [4.78, 5) is 16.5. The Balaban J connectivity index is 2.41. The topological polar surface area (TPSA) is 51.2 Å². The number of amides is 1. The predicted octanol–water partition coefficient (Wildman–Crippen LogP) is 2.69. The van der Waals surface area contributed by atoms with Crippen molar-refractivity contribution in [2.45, 2.75) is 20.3 Å². The Hall–Kier alpha value is -2.10. The van der Waals surface area contributed by atoms with E-state index in [-0.39, 0.29) is 5.91 Å². The number of carbonyl (C=O) groups excluding carboxylic acids is 1. The average molecular weight is 258 g/mol. The standard InChI is InChI=1S/C15H18N2O2/c1-4-7-16-15(18)13-8-11-5-6-12(19-3)9-14(11)17-10(13)2/h5-6,8-9H,4,7H2,1-3H3,(H,16,18). The summed E-state index contributed by atoms with van der Waals surface area (Å²) in [6.45, 7) is 4.55. The van der Waals surface area contributed by atoms with Crippen LogP contribution in [0.4, 0.5) is 0 Å². The first-order chi connectivity index (χ1) is 9.15. The molecule has 0 unspecified atom stereocenters. The molecule has 0 radical (unpaired) electrons. The molecule has 2 rings (SSSR count). The number of nitrogens with one attached hydrogen (secondary N) is 1. The highest BCUT2D eigenvalue weighted by Crippen LogP contribution is 2.21. The third-order valence-electron chi connectivity index (χ3n) is 3.00. The van der Waals surface area contributed by atoms with Crippen LogP contribution in [0.15, 0.2) is 24.3 Å². The summed E-state index contributed by atoms with van der Waals surface area (Å²) in [7, 11) is 1.63. The molecule has 4 heteroatoms. The van der Waals surface area contributed by atoms with Crippen LogP contribution in [-0.4, -0.2) is 24.5 Å². The largest absolute Gasteiger partial charge is 0.497 e. The van der Waals surface area contributed by atoms with Crippen LogP contribution in [0.5, 0.6) is 5.75 Å². The smallest absolute Gasteiger partial charge is 0.253 e. The fourth-order valence-corrected chi connectivity index (χ4v) is 1.93. The van der Waals surface area contributed by atoms with Gasteiger partial charge in [-0.3, -0.25) is 9.78 Å². The third kappa shape index (κ3) is 2.84. The van der Waals surface area contributed by atoms with E-state index in [0.717, 1.165) is 28.8 Å². The molecule has 1 aromatic carbocycles. The lowest BCUT2D eigenvalue weighted by molar-refractivity contribution is 0.0953. The molecule has 0 fully saturated rings. The maximum absolute atomic E-state index is 12.0. The van der Waals surface area contributed by atoms with Crippen LogP contribution in [0.3, 0.4) is 0 Å². The van der Waals surface area contributed by atoms with E-state index in [1.807, 2.05) is 38.1 Å². The zero-order chi connectivity index (χ0) is 13.8. The highest BCUT2D eigenvalue weighted by Gasteiger charge is 2.11. The molecule has 0 bridgehead atoms. The number of methoxy groups -OCH3 is 1. The van der Waals surface area contributed by atoms with Gasteiger partial charge in [0.05, 0.1) is 23.9 Å². The number of carbonyl (C=O) groups is 1. The molecule has 0 spiro atoms. The van der Waals surface area contributed by atoms with Crippen LogP contribution >= 0.6 is 0 Å². The fraction of sp³-hybridized carbons (Fsp3) is 0.333. The Morgan fingerprint density at radius 3 is 2.84 bits per heavy atom. The van der Waals surface area contributed by atoms with Crippen molar-refractivity contribution in [2.75, 3.05) is 13.7 Å². The summed E-state index contributed by atoms with van der Waals surface area (Å²) in [5, 5.41) is 3.81. The number of nitrogens with zero attached hydrogens (tertiary/aromatic N) is 1. The molecule has 1 aromatic heterocycles. The number of aryl methyl sites for hydroxylation is 1. The quantitative estimate of drug-likeness (QED) is 0.917. The second-order valence-electron chi connectivity index (χ2n) is 4.44. The highest BCUT2D eigenvalue weighted by molar-refractivity contribution is 5.98. The van der Waals surface area contributed by atoms with Crippen molar-refractivity contribution in [2.24, 2.45) is 0 Å². The van der Waals surface area contributed by atoms with Gasteiger partial charge in [0, 0.05) is 18.0 Å². The molecule has 0 aliphatic heterocycles. The molecule has 2 aromatic rings. The van der Waals surface area contributed by atoms with Crippen LogP contribution < -0.4 is 10.1 Å². The summed E-state index contributed by atoms with van der Waals surface area (Å²) < 4.78 is 5.17. The van der Waals surface area contributed by atoms with Crippen LogP contribution in [0.25, 0.3) is 10.9 Å². The highest BCUT2D eigenvalue weighted by atomic mass is 16.5. The maximum atomic E-state index is 12.0. The molecule has 19 heavy (non-hydrogen) atoms. The lowest BCUT2D eigenvalue weighted by Gasteiger charge is -2.09. The first-order valence-electron chi connectivity index (χ1n) is 6.39. The number of ether oxygens (including phenoxy) is 1. The van der Waals surface area contributed by atoms with Gasteiger partial charge in [0.2, 0.25) is 0 Å². The zero-order valence-corrected chi connectivity index (χ0v) is 11.5. The van der Waals surface area contributed by atoms with Crippen molar-refractivity contribution in [1.29, 1.82) is 0 Å². The summed E-state index contributed by atoms with van der Waals surface area (Å²) in [5.74, 6) is 0.701. The minimum atomic E-state index is -0.0652. The number of hydrogen-bond acceptors (Lipinski definition) is 3. The van der Waals surface area contributed by atoms with E-state index in [4.69, 9.17) is 4.74 Å². The van der Waals surface area contributed by atoms with Gasteiger partial charge in [-0.05, 0) is 31.5 Å². The van der Waals surface area contributed by atoms with E-state index in [2.05, 4.69) is 10.3 Å². The van der Waals surface area contributed by atoms with E-state index in [1.54, 1.807) is 7.11 Å². The Morgan fingerprint density at radius 1 is 1.37 bits per heavy atom. The molecule has 100 valence electrons. The minimum absolute atomic E-state index is 0.0652. The lowest BCUT2D eigenvalue weighted by Crippen LogP contribution is -2.25. The van der Waals surface area contributed by atoms with Gasteiger partial charge in [0.1, 0.15) is 5.75 Å². The molecular weight excluding hydrogens is 240 g/mol. The Kier molecular flexibility index (Phi) is 4.00. The number of aromatic nitrogens is 1. The van der Waals surface area contributed by atoms with Gasteiger partial charge in [-0.15, -0.1) is 0 Å². The van der Waals surface area contributed by atoms with Gasteiger partial charge < -0.3 is 10.1 Å². The number of hydrogen-bond donors (Lipinski definition) is 1. The summed E-state index contributed by atoms with van der Waals surface area (Å²) in [5.41, 5.74) is 2.20. The van der Waals surface area contributed by atoms with Gasteiger partial charge >= 0.3 is 0 Å². The molecule has 0 saturated carbocycles. The Labute approximate surface area is 112 Å². The van der Waals surface area contributed by atoms with E-state index in [9.17, 15) is 4.79 Å². The monoisotopic (exact) mass is 258 g/mol. The number of benzene rings is 1. The van der Waals surface area contributed by atoms with Crippen molar-refractivity contribution in [1.82, 2.24) is 10.3 Å². The maximum Gasteiger partial charge on any atom is 0.253 e. The van der Waals surface area contributed by atoms with Crippen LogP contribution in [0.2, 0.25) is 0 Å². The average Bonchev–Trinajstić information content (AvgIpc) is 2.43. The predicted molar refractivity (Wildman–Crippen MR) is 75.7 cm³/mol. The van der Waals surface area contributed by atoms with E-state index >= 15 is 0 Å². The number of fused-ring (bicyclic) bond motifs is 1. The molecule has 0 saturated heterocycles. The first kappa shape index (κ1) is 13.3. The van der Waals surface area contributed by atoms with Crippen molar-refractivity contribution in [3.63, 3.8) is 0 Å². The minimum Gasteiger partial charge on any atom is -0.497 e. The van der Waals surface area contributed by atoms with Crippen molar-refractivity contribution in [3.05, 3.63) is 35.5 Å². The van der Waals surface area contributed by atoms with Crippen molar-refractivity contribution >= 4 is 16.8 Å². The molecule has 0 aliphatic carbocycles. The molecule has 0 atom stereocenters. The molecule has 0 aliphatic rings. The van der Waals surface area contributed by atoms with E-state index in [0.29, 0.717) is 12.1 Å². The van der Waals surface area contributed by atoms with Gasteiger partial charge in [-0.2, -0.15) is 0 Å². The number of rotatable bonds is 4. The van der Waals surface area contributed by atoms with Gasteiger partial charge in [-0.1, -0.05) is 6.92 Å². The first-order valence-corrected chi connectivity index (χ1v) is 6.39. The number of pyridine rings is 1. The summed E-state index contributed by atoms with van der Waals surface area (Å²) in [6.07, 6.45) is 0.920. The zero-order valence-electron chi connectivity index (χ0n) is 11.5. The summed E-state index contributed by atoms with van der Waals surface area (Å²) >= 11 is 0. The molecular formula is C15H18N2O2. The van der Waals surface area contributed by atoms with Crippen LogP contribution in [0.1, 0.15) is 29.4 Å². The normalized spacial score (nSPS) is 10.5. The molecule has 1 amide bonds.